The number of hydrogen-bond acceptors (Lipinski definition) is 4. The van der Waals surface area contributed by atoms with Crippen LogP contribution in [0.15, 0.2) is 12.2 Å². The minimum atomic E-state index is -1.03. The number of rotatable bonds is 10. The third-order valence-corrected chi connectivity index (χ3v) is 2.74. The highest BCUT2D eigenvalue weighted by atomic mass is 32.2. The standard InChI is InChI=1S/C12H22N2O4S/c1-9(2)8-18-6-5-13-12(17)14-10(11(15)16)4-7-19-3/h10H,1,4-8H2,2-3H3,(H,15,16)(H2,13,14,17)/t10-/m0/s1. The van der Waals surface area contributed by atoms with Gasteiger partial charge in [-0.05, 0) is 25.4 Å². The Kier molecular flexibility index (Phi) is 10.0. The fourth-order valence-corrected chi connectivity index (χ4v) is 1.66. The number of ether oxygens (including phenoxy) is 1. The smallest absolute Gasteiger partial charge is 0.326 e. The van der Waals surface area contributed by atoms with Crippen molar-refractivity contribution in [2.45, 2.75) is 19.4 Å². The van der Waals surface area contributed by atoms with Gasteiger partial charge in [0.15, 0.2) is 0 Å². The number of aliphatic carboxylic acids is 1. The van der Waals surface area contributed by atoms with Crippen LogP contribution < -0.4 is 10.6 Å². The Morgan fingerprint density at radius 3 is 2.68 bits per heavy atom. The van der Waals surface area contributed by atoms with Gasteiger partial charge < -0.3 is 20.5 Å². The van der Waals surface area contributed by atoms with Gasteiger partial charge in [-0.3, -0.25) is 0 Å². The van der Waals surface area contributed by atoms with E-state index in [4.69, 9.17) is 9.84 Å². The fourth-order valence-electron chi connectivity index (χ4n) is 1.19. The summed E-state index contributed by atoms with van der Waals surface area (Å²) in [6, 6.07) is -1.35. The van der Waals surface area contributed by atoms with Gasteiger partial charge in [-0.2, -0.15) is 11.8 Å². The summed E-state index contributed by atoms with van der Waals surface area (Å²) in [7, 11) is 0. The molecular weight excluding hydrogens is 268 g/mol. The Hall–Kier alpha value is -1.21. The van der Waals surface area contributed by atoms with Crippen molar-refractivity contribution in [3.8, 4) is 0 Å². The molecule has 0 bridgehead atoms. The van der Waals surface area contributed by atoms with Gasteiger partial charge in [0, 0.05) is 6.54 Å². The fraction of sp³-hybridized carbons (Fsp3) is 0.667. The zero-order chi connectivity index (χ0) is 14.7. The van der Waals surface area contributed by atoms with E-state index in [0.29, 0.717) is 31.9 Å². The van der Waals surface area contributed by atoms with Gasteiger partial charge in [-0.25, -0.2) is 9.59 Å². The molecule has 0 radical (unpaired) electrons. The van der Waals surface area contributed by atoms with Gasteiger partial charge in [-0.15, -0.1) is 0 Å². The van der Waals surface area contributed by atoms with Gasteiger partial charge >= 0.3 is 12.0 Å². The van der Waals surface area contributed by atoms with Crippen LogP contribution in [0.4, 0.5) is 4.79 Å². The summed E-state index contributed by atoms with van der Waals surface area (Å²) in [5.74, 6) is -0.346. The summed E-state index contributed by atoms with van der Waals surface area (Å²) in [5.41, 5.74) is 0.910. The quantitative estimate of drug-likeness (QED) is 0.414. The first-order valence-corrected chi connectivity index (χ1v) is 7.35. The molecule has 0 aliphatic heterocycles. The SMILES string of the molecule is C=C(C)COCCNC(=O)N[C@@H](CCSC)C(=O)O. The number of nitrogens with one attached hydrogen (secondary N) is 2. The normalized spacial score (nSPS) is 11.7. The molecule has 0 spiro atoms. The van der Waals surface area contributed by atoms with Gasteiger partial charge in [0.1, 0.15) is 6.04 Å². The summed E-state index contributed by atoms with van der Waals surface area (Å²) < 4.78 is 5.20. The first-order chi connectivity index (χ1) is 8.97. The molecule has 0 saturated carbocycles. The van der Waals surface area contributed by atoms with Crippen LogP contribution in [0, 0.1) is 0 Å². The van der Waals surface area contributed by atoms with Crippen LogP contribution >= 0.6 is 11.8 Å². The Bertz CT molecular complexity index is 310. The minimum absolute atomic E-state index is 0.327. The maximum atomic E-state index is 11.5. The number of hydrogen-bond donors (Lipinski definition) is 3. The molecule has 19 heavy (non-hydrogen) atoms. The van der Waals surface area contributed by atoms with E-state index < -0.39 is 18.0 Å². The number of thioether (sulfide) groups is 1. The molecule has 0 fully saturated rings. The number of urea groups is 1. The lowest BCUT2D eigenvalue weighted by atomic mass is 10.2. The summed E-state index contributed by atoms with van der Waals surface area (Å²) in [6.45, 7) is 6.68. The van der Waals surface area contributed by atoms with E-state index in [2.05, 4.69) is 17.2 Å². The highest BCUT2D eigenvalue weighted by Crippen LogP contribution is 2.00. The number of carboxylic acid groups (broad SMARTS) is 1. The van der Waals surface area contributed by atoms with Crippen molar-refractivity contribution in [1.82, 2.24) is 10.6 Å². The highest BCUT2D eigenvalue weighted by Gasteiger charge is 2.18. The predicted molar refractivity (Wildman–Crippen MR) is 76.6 cm³/mol. The molecule has 1 atom stereocenters. The van der Waals surface area contributed by atoms with E-state index in [1.807, 2.05) is 13.2 Å². The molecule has 0 aliphatic rings. The Labute approximate surface area is 118 Å². The third kappa shape index (κ3) is 10.4. The largest absolute Gasteiger partial charge is 0.480 e. The van der Waals surface area contributed by atoms with E-state index in [0.717, 1.165) is 5.57 Å². The van der Waals surface area contributed by atoms with Gasteiger partial charge in [0.25, 0.3) is 0 Å². The second kappa shape index (κ2) is 10.7. The predicted octanol–water partition coefficient (Wildman–Crippen LogP) is 1.08. The maximum Gasteiger partial charge on any atom is 0.326 e. The van der Waals surface area contributed by atoms with Crippen LogP contribution in [0.25, 0.3) is 0 Å². The van der Waals surface area contributed by atoms with E-state index in [1.54, 1.807) is 0 Å². The first-order valence-electron chi connectivity index (χ1n) is 5.95. The molecular formula is C12H22N2O4S. The Morgan fingerprint density at radius 1 is 1.47 bits per heavy atom. The van der Waals surface area contributed by atoms with Crippen molar-refractivity contribution < 1.29 is 19.4 Å². The minimum Gasteiger partial charge on any atom is -0.480 e. The monoisotopic (exact) mass is 290 g/mol. The van der Waals surface area contributed by atoms with Gasteiger partial charge in [0.05, 0.1) is 13.2 Å². The molecule has 0 heterocycles. The molecule has 0 rings (SSSR count). The molecule has 0 aliphatic carbocycles. The Morgan fingerprint density at radius 2 is 2.16 bits per heavy atom. The van der Waals surface area contributed by atoms with Crippen LogP contribution in [-0.4, -0.2) is 54.9 Å². The molecule has 110 valence electrons. The zero-order valence-corrected chi connectivity index (χ0v) is 12.2. The molecule has 3 N–H and O–H groups in total. The topological polar surface area (TPSA) is 87.7 Å². The Balaban J connectivity index is 3.80. The summed E-state index contributed by atoms with van der Waals surface area (Å²) in [5, 5.41) is 13.9. The summed E-state index contributed by atoms with van der Waals surface area (Å²) in [6.07, 6.45) is 2.29. The van der Waals surface area contributed by atoms with Crippen molar-refractivity contribution in [2.75, 3.05) is 31.8 Å². The van der Waals surface area contributed by atoms with Gasteiger partial charge in [-0.1, -0.05) is 12.2 Å². The summed E-state index contributed by atoms with van der Waals surface area (Å²) >= 11 is 1.54. The molecule has 7 heteroatoms. The van der Waals surface area contributed by atoms with Crippen molar-refractivity contribution in [3.05, 3.63) is 12.2 Å². The average Bonchev–Trinajstić information content (AvgIpc) is 2.33. The number of amides is 2. The van der Waals surface area contributed by atoms with Crippen LogP contribution in [0.2, 0.25) is 0 Å². The van der Waals surface area contributed by atoms with Crippen LogP contribution in [0.5, 0.6) is 0 Å². The highest BCUT2D eigenvalue weighted by molar-refractivity contribution is 7.98. The molecule has 0 aromatic rings. The second-order valence-corrected chi connectivity index (χ2v) is 5.07. The second-order valence-electron chi connectivity index (χ2n) is 4.08. The molecule has 2 amide bonds. The van der Waals surface area contributed by atoms with Crippen molar-refractivity contribution in [1.29, 1.82) is 0 Å². The van der Waals surface area contributed by atoms with Crippen LogP contribution in [0.3, 0.4) is 0 Å². The lowest BCUT2D eigenvalue weighted by Crippen LogP contribution is -2.47. The molecule has 0 saturated heterocycles. The van der Waals surface area contributed by atoms with E-state index in [9.17, 15) is 9.59 Å². The molecule has 6 nitrogen and oxygen atoms in total. The average molecular weight is 290 g/mol. The van der Waals surface area contributed by atoms with Crippen LogP contribution in [0.1, 0.15) is 13.3 Å². The van der Waals surface area contributed by atoms with E-state index in [1.165, 1.54) is 11.8 Å². The molecule has 0 aromatic carbocycles. The number of carbonyl (C=O) groups excluding carboxylic acids is 1. The lowest BCUT2D eigenvalue weighted by molar-refractivity contribution is -0.139. The van der Waals surface area contributed by atoms with Gasteiger partial charge in [0.2, 0.25) is 0 Å². The number of carbonyl (C=O) groups is 2. The van der Waals surface area contributed by atoms with Crippen molar-refractivity contribution in [3.63, 3.8) is 0 Å². The summed E-state index contributed by atoms with van der Waals surface area (Å²) in [4.78, 5) is 22.4. The number of carboxylic acids is 1. The first kappa shape index (κ1) is 17.8. The molecule has 0 aromatic heterocycles. The van der Waals surface area contributed by atoms with Crippen LogP contribution in [-0.2, 0) is 9.53 Å². The third-order valence-electron chi connectivity index (χ3n) is 2.09. The zero-order valence-electron chi connectivity index (χ0n) is 11.4. The van der Waals surface area contributed by atoms with Crippen molar-refractivity contribution in [2.24, 2.45) is 0 Å². The molecule has 0 unspecified atom stereocenters. The van der Waals surface area contributed by atoms with Crippen molar-refractivity contribution >= 4 is 23.8 Å². The lowest BCUT2D eigenvalue weighted by Gasteiger charge is -2.14. The van der Waals surface area contributed by atoms with E-state index >= 15 is 0 Å². The van der Waals surface area contributed by atoms with E-state index in [-0.39, 0.29) is 0 Å². The maximum absolute atomic E-state index is 11.5.